The number of carbonyl (C=O) groups is 2. The van der Waals surface area contributed by atoms with Gasteiger partial charge in [0.25, 0.3) is 0 Å². The van der Waals surface area contributed by atoms with Crippen molar-refractivity contribution in [2.75, 3.05) is 0 Å². The lowest BCUT2D eigenvalue weighted by atomic mass is 10.1. The number of benzene rings is 1. The van der Waals surface area contributed by atoms with E-state index in [9.17, 15) is 14.0 Å². The Labute approximate surface area is 98.5 Å². The van der Waals surface area contributed by atoms with Crippen LogP contribution in [0.5, 0.6) is 0 Å². The molecule has 2 N–H and O–H groups in total. The molecule has 0 spiro atoms. The molecule has 0 aromatic heterocycles. The number of amides is 1. The van der Waals surface area contributed by atoms with E-state index in [2.05, 4.69) is 5.32 Å². The van der Waals surface area contributed by atoms with E-state index in [1.165, 1.54) is 12.1 Å². The summed E-state index contributed by atoms with van der Waals surface area (Å²) in [6.07, 6.45) is -0.247. The first kappa shape index (κ1) is 13.2. The fraction of sp³-hybridized carbons (Fsp3) is 0.333. The molecule has 0 aliphatic heterocycles. The zero-order valence-electron chi connectivity index (χ0n) is 9.44. The maximum Gasteiger partial charge on any atom is 0.303 e. The van der Waals surface area contributed by atoms with Crippen molar-refractivity contribution >= 4 is 11.9 Å². The molecular formula is C12H14FNO3. The Morgan fingerprint density at radius 1 is 1.29 bits per heavy atom. The van der Waals surface area contributed by atoms with Gasteiger partial charge in [-0.2, -0.15) is 0 Å². The smallest absolute Gasteiger partial charge is 0.303 e. The van der Waals surface area contributed by atoms with E-state index >= 15 is 0 Å². The zero-order valence-corrected chi connectivity index (χ0v) is 9.44. The van der Waals surface area contributed by atoms with Crippen LogP contribution in [0, 0.1) is 5.82 Å². The molecule has 0 fully saturated rings. The van der Waals surface area contributed by atoms with Crippen LogP contribution in [0.25, 0.3) is 0 Å². The molecule has 0 unspecified atom stereocenters. The topological polar surface area (TPSA) is 66.4 Å². The predicted octanol–water partition coefficient (Wildman–Crippen LogP) is 1.87. The molecule has 1 amide bonds. The van der Waals surface area contributed by atoms with Gasteiger partial charge in [-0.3, -0.25) is 9.59 Å². The second-order valence-electron chi connectivity index (χ2n) is 3.73. The Kier molecular flexibility index (Phi) is 4.63. The van der Waals surface area contributed by atoms with Crippen molar-refractivity contribution in [3.05, 3.63) is 35.6 Å². The first-order chi connectivity index (χ1) is 7.99. The molecule has 17 heavy (non-hydrogen) atoms. The van der Waals surface area contributed by atoms with Gasteiger partial charge in [0.2, 0.25) is 5.91 Å². The van der Waals surface area contributed by atoms with Gasteiger partial charge in [0.15, 0.2) is 0 Å². The standard InChI is InChI=1S/C12H14FNO3/c1-8(9-2-4-10(13)5-3-9)14-11(15)6-7-12(16)17/h2-5,8H,6-7H2,1H3,(H,14,15)(H,16,17)/t8-/m0/s1. The molecule has 0 saturated heterocycles. The van der Waals surface area contributed by atoms with Gasteiger partial charge in [-0.25, -0.2) is 4.39 Å². The molecule has 1 atom stereocenters. The van der Waals surface area contributed by atoms with E-state index < -0.39 is 5.97 Å². The minimum atomic E-state index is -1.01. The summed E-state index contributed by atoms with van der Waals surface area (Å²) in [5, 5.41) is 11.1. The summed E-state index contributed by atoms with van der Waals surface area (Å²) >= 11 is 0. The minimum absolute atomic E-state index is 0.0547. The van der Waals surface area contributed by atoms with Crippen LogP contribution in [-0.4, -0.2) is 17.0 Å². The molecule has 1 rings (SSSR count). The van der Waals surface area contributed by atoms with Crippen molar-refractivity contribution in [1.29, 1.82) is 0 Å². The van der Waals surface area contributed by atoms with E-state index in [0.29, 0.717) is 0 Å². The molecule has 0 radical (unpaired) electrons. The van der Waals surface area contributed by atoms with Crippen LogP contribution in [0.2, 0.25) is 0 Å². The van der Waals surface area contributed by atoms with E-state index in [1.807, 2.05) is 0 Å². The fourth-order valence-electron chi connectivity index (χ4n) is 1.37. The average molecular weight is 239 g/mol. The van der Waals surface area contributed by atoms with Crippen LogP contribution in [-0.2, 0) is 9.59 Å². The molecule has 0 aliphatic rings. The average Bonchev–Trinajstić information content (AvgIpc) is 2.27. The lowest BCUT2D eigenvalue weighted by molar-refractivity contribution is -0.138. The molecule has 92 valence electrons. The van der Waals surface area contributed by atoms with Crippen LogP contribution < -0.4 is 5.32 Å². The summed E-state index contributed by atoms with van der Waals surface area (Å²) in [5.41, 5.74) is 0.773. The van der Waals surface area contributed by atoms with Gasteiger partial charge >= 0.3 is 5.97 Å². The summed E-state index contributed by atoms with van der Waals surface area (Å²) in [6.45, 7) is 1.76. The molecule has 1 aromatic rings. The number of nitrogens with one attached hydrogen (secondary N) is 1. The van der Waals surface area contributed by atoms with E-state index in [0.717, 1.165) is 5.56 Å². The van der Waals surface area contributed by atoms with Gasteiger partial charge in [0, 0.05) is 6.42 Å². The maximum absolute atomic E-state index is 12.7. The number of carboxylic acid groups (broad SMARTS) is 1. The molecule has 0 aliphatic carbocycles. The van der Waals surface area contributed by atoms with Crippen molar-refractivity contribution < 1.29 is 19.1 Å². The molecule has 5 heteroatoms. The Morgan fingerprint density at radius 3 is 2.41 bits per heavy atom. The number of carboxylic acids is 1. The number of hydrogen-bond donors (Lipinski definition) is 2. The molecule has 0 heterocycles. The number of halogens is 1. The Bertz CT molecular complexity index is 403. The Hall–Kier alpha value is -1.91. The van der Waals surface area contributed by atoms with Crippen molar-refractivity contribution in [3.8, 4) is 0 Å². The van der Waals surface area contributed by atoms with Crippen molar-refractivity contribution in [2.24, 2.45) is 0 Å². The highest BCUT2D eigenvalue weighted by Crippen LogP contribution is 2.12. The van der Waals surface area contributed by atoms with E-state index in [-0.39, 0.29) is 30.6 Å². The van der Waals surface area contributed by atoms with Crippen LogP contribution in [0.15, 0.2) is 24.3 Å². The molecular weight excluding hydrogens is 225 g/mol. The predicted molar refractivity (Wildman–Crippen MR) is 59.8 cm³/mol. The molecule has 0 bridgehead atoms. The highest BCUT2D eigenvalue weighted by molar-refractivity contribution is 5.80. The highest BCUT2D eigenvalue weighted by Gasteiger charge is 2.10. The number of aliphatic carboxylic acids is 1. The summed E-state index contributed by atoms with van der Waals surface area (Å²) in [5.74, 6) is -1.67. The van der Waals surface area contributed by atoms with Gasteiger partial charge in [0.05, 0.1) is 12.5 Å². The van der Waals surface area contributed by atoms with Gasteiger partial charge in [0.1, 0.15) is 5.82 Å². The molecule has 0 saturated carbocycles. The number of rotatable bonds is 5. The van der Waals surface area contributed by atoms with Gasteiger partial charge in [-0.15, -0.1) is 0 Å². The molecule has 1 aromatic carbocycles. The second kappa shape index (κ2) is 5.98. The SMILES string of the molecule is C[C@H](NC(=O)CCC(=O)O)c1ccc(F)cc1. The van der Waals surface area contributed by atoms with Gasteiger partial charge < -0.3 is 10.4 Å². The monoisotopic (exact) mass is 239 g/mol. The van der Waals surface area contributed by atoms with Crippen LogP contribution in [0.1, 0.15) is 31.4 Å². The summed E-state index contributed by atoms with van der Waals surface area (Å²) < 4.78 is 12.7. The van der Waals surface area contributed by atoms with E-state index in [4.69, 9.17) is 5.11 Å². The van der Waals surface area contributed by atoms with Crippen LogP contribution in [0.3, 0.4) is 0 Å². The Balaban J connectivity index is 2.48. The largest absolute Gasteiger partial charge is 0.481 e. The third kappa shape index (κ3) is 4.63. The van der Waals surface area contributed by atoms with Gasteiger partial charge in [-0.1, -0.05) is 12.1 Å². The first-order valence-corrected chi connectivity index (χ1v) is 5.25. The van der Waals surface area contributed by atoms with E-state index in [1.54, 1.807) is 19.1 Å². The van der Waals surface area contributed by atoms with Crippen molar-refractivity contribution in [2.45, 2.75) is 25.8 Å². The quantitative estimate of drug-likeness (QED) is 0.824. The normalized spacial score (nSPS) is 11.9. The van der Waals surface area contributed by atoms with Crippen LogP contribution >= 0.6 is 0 Å². The van der Waals surface area contributed by atoms with Crippen LogP contribution in [0.4, 0.5) is 4.39 Å². The maximum atomic E-state index is 12.7. The van der Waals surface area contributed by atoms with Crippen molar-refractivity contribution in [3.63, 3.8) is 0 Å². The first-order valence-electron chi connectivity index (χ1n) is 5.25. The highest BCUT2D eigenvalue weighted by atomic mass is 19.1. The van der Waals surface area contributed by atoms with Crippen molar-refractivity contribution in [1.82, 2.24) is 5.32 Å². The lowest BCUT2D eigenvalue weighted by Gasteiger charge is -2.13. The lowest BCUT2D eigenvalue weighted by Crippen LogP contribution is -2.26. The zero-order chi connectivity index (χ0) is 12.8. The summed E-state index contributed by atoms with van der Waals surface area (Å²) in [7, 11) is 0. The fourth-order valence-corrected chi connectivity index (χ4v) is 1.37. The number of carbonyl (C=O) groups excluding carboxylic acids is 1. The number of hydrogen-bond acceptors (Lipinski definition) is 2. The summed E-state index contributed by atoms with van der Waals surface area (Å²) in [6, 6.07) is 5.52. The summed E-state index contributed by atoms with van der Waals surface area (Å²) in [4.78, 5) is 21.6. The third-order valence-corrected chi connectivity index (χ3v) is 2.31. The van der Waals surface area contributed by atoms with Gasteiger partial charge in [-0.05, 0) is 24.6 Å². The molecule has 4 nitrogen and oxygen atoms in total. The third-order valence-electron chi connectivity index (χ3n) is 2.31. The minimum Gasteiger partial charge on any atom is -0.481 e. The second-order valence-corrected chi connectivity index (χ2v) is 3.73. The Morgan fingerprint density at radius 2 is 1.88 bits per heavy atom.